The molecule has 0 aromatic heterocycles. The van der Waals surface area contributed by atoms with Crippen LogP contribution in [0, 0.1) is 17.2 Å². The van der Waals surface area contributed by atoms with Crippen molar-refractivity contribution >= 4 is 6.21 Å². The van der Waals surface area contributed by atoms with E-state index < -0.39 is 0 Å². The molecule has 2 atom stereocenters. The van der Waals surface area contributed by atoms with Gasteiger partial charge in [-0.05, 0) is 30.9 Å². The van der Waals surface area contributed by atoms with Crippen molar-refractivity contribution in [2.24, 2.45) is 11.8 Å². The fraction of sp³-hybridized carbons (Fsp3) is 0.833. The van der Waals surface area contributed by atoms with Gasteiger partial charge in [-0.2, -0.15) is 0 Å². The van der Waals surface area contributed by atoms with Crippen molar-refractivity contribution in [3.8, 4) is 0 Å². The Kier molecular flexibility index (Phi) is 1.13. The quantitative estimate of drug-likeness (QED) is 0.507. The van der Waals surface area contributed by atoms with Crippen LogP contribution in [0.25, 0.3) is 0 Å². The minimum absolute atomic E-state index is 0.873. The summed E-state index contributed by atoms with van der Waals surface area (Å²) in [6, 6.07) is 0. The molecule has 0 aromatic rings. The van der Waals surface area contributed by atoms with Crippen molar-refractivity contribution in [1.29, 1.82) is 5.41 Å². The summed E-state index contributed by atoms with van der Waals surface area (Å²) in [5.74, 6) is 1.79. The molecule has 1 nitrogen and oxygen atoms in total. The summed E-state index contributed by atoms with van der Waals surface area (Å²) in [7, 11) is 0. The first-order valence-corrected chi connectivity index (χ1v) is 2.83. The Hall–Kier alpha value is -0.330. The first-order valence-electron chi connectivity index (χ1n) is 2.83. The minimum atomic E-state index is 0.873. The summed E-state index contributed by atoms with van der Waals surface area (Å²) in [5, 5.41) is 6.74. The molecule has 1 unspecified atom stereocenters. The minimum Gasteiger partial charge on any atom is -0.313 e. The lowest BCUT2D eigenvalue weighted by molar-refractivity contribution is 0.791. The summed E-state index contributed by atoms with van der Waals surface area (Å²) in [6.45, 7) is 2.24. The highest BCUT2D eigenvalue weighted by molar-refractivity contribution is 5.53. The fourth-order valence-electron chi connectivity index (χ4n) is 0.879. The van der Waals surface area contributed by atoms with Crippen LogP contribution >= 0.6 is 0 Å². The van der Waals surface area contributed by atoms with Gasteiger partial charge in [-0.3, -0.25) is 0 Å². The van der Waals surface area contributed by atoms with E-state index in [0.717, 1.165) is 18.3 Å². The van der Waals surface area contributed by atoms with Gasteiger partial charge in [0.05, 0.1) is 0 Å². The topological polar surface area (TPSA) is 23.9 Å². The third kappa shape index (κ3) is 1.02. The van der Waals surface area contributed by atoms with Gasteiger partial charge in [0, 0.05) is 0 Å². The van der Waals surface area contributed by atoms with E-state index in [1.54, 1.807) is 0 Å². The van der Waals surface area contributed by atoms with Gasteiger partial charge in [0.15, 0.2) is 0 Å². The van der Waals surface area contributed by atoms with Crippen LogP contribution in [0.2, 0.25) is 0 Å². The summed E-state index contributed by atoms with van der Waals surface area (Å²) < 4.78 is 0. The smallest absolute Gasteiger partial charge is 0.00449 e. The van der Waals surface area contributed by atoms with Gasteiger partial charge in [-0.1, -0.05) is 6.92 Å². The second-order valence-corrected chi connectivity index (χ2v) is 2.41. The zero-order chi connectivity index (χ0) is 5.28. The first-order chi connectivity index (χ1) is 3.34. The molecule has 40 valence electrons. The molecule has 0 aliphatic heterocycles. The second kappa shape index (κ2) is 1.65. The Morgan fingerprint density at radius 1 is 1.86 bits per heavy atom. The largest absolute Gasteiger partial charge is 0.313 e. The van der Waals surface area contributed by atoms with Gasteiger partial charge in [0.1, 0.15) is 0 Å². The van der Waals surface area contributed by atoms with Crippen molar-refractivity contribution in [3.63, 3.8) is 0 Å². The molecule has 0 amide bonds. The van der Waals surface area contributed by atoms with E-state index in [0.29, 0.717) is 0 Å². The highest BCUT2D eigenvalue weighted by Crippen LogP contribution is 2.39. The van der Waals surface area contributed by atoms with E-state index in [4.69, 9.17) is 5.41 Å². The van der Waals surface area contributed by atoms with Crippen molar-refractivity contribution in [2.45, 2.75) is 19.8 Å². The molecule has 0 saturated heterocycles. The van der Waals surface area contributed by atoms with Crippen molar-refractivity contribution in [2.75, 3.05) is 0 Å². The molecule has 0 spiro atoms. The van der Waals surface area contributed by atoms with E-state index in [9.17, 15) is 0 Å². The van der Waals surface area contributed by atoms with Crippen LogP contribution in [-0.2, 0) is 0 Å². The maximum absolute atomic E-state index is 6.74. The van der Waals surface area contributed by atoms with E-state index in [2.05, 4.69) is 6.92 Å². The average molecular weight is 97.2 g/mol. The molecule has 0 heterocycles. The lowest BCUT2D eigenvalue weighted by Crippen LogP contribution is -1.76. The Balaban J connectivity index is 2.08. The molecule has 1 saturated carbocycles. The molecular formula is C6H11N. The van der Waals surface area contributed by atoms with Crippen molar-refractivity contribution in [1.82, 2.24) is 0 Å². The van der Waals surface area contributed by atoms with E-state index in [-0.39, 0.29) is 0 Å². The SMILES string of the molecule is C[C@H]1CC1CC=N. The van der Waals surface area contributed by atoms with E-state index in [1.807, 2.05) is 0 Å². The number of hydrogen-bond donors (Lipinski definition) is 1. The lowest BCUT2D eigenvalue weighted by atomic mass is 10.3. The molecule has 7 heavy (non-hydrogen) atoms. The Morgan fingerprint density at radius 2 is 2.43 bits per heavy atom. The Morgan fingerprint density at radius 3 is 2.57 bits per heavy atom. The van der Waals surface area contributed by atoms with Gasteiger partial charge in [-0.15, -0.1) is 0 Å². The molecule has 0 radical (unpaired) electrons. The third-order valence-corrected chi connectivity index (χ3v) is 1.70. The summed E-state index contributed by atoms with van der Waals surface area (Å²) in [5.41, 5.74) is 0. The van der Waals surface area contributed by atoms with Crippen LogP contribution in [0.5, 0.6) is 0 Å². The lowest BCUT2D eigenvalue weighted by Gasteiger charge is -1.80. The van der Waals surface area contributed by atoms with Crippen LogP contribution in [0.1, 0.15) is 19.8 Å². The van der Waals surface area contributed by atoms with Gasteiger partial charge < -0.3 is 5.41 Å². The summed E-state index contributed by atoms with van der Waals surface area (Å²) >= 11 is 0. The third-order valence-electron chi connectivity index (χ3n) is 1.70. The molecular weight excluding hydrogens is 86.1 g/mol. The highest BCUT2D eigenvalue weighted by atomic mass is 14.4. The predicted octanol–water partition coefficient (Wildman–Crippen LogP) is 1.68. The van der Waals surface area contributed by atoms with E-state index in [1.165, 1.54) is 12.6 Å². The summed E-state index contributed by atoms with van der Waals surface area (Å²) in [6.07, 6.45) is 3.89. The normalized spacial score (nSPS) is 37.9. The average Bonchev–Trinajstić information content (AvgIpc) is 2.22. The molecule has 0 bridgehead atoms. The van der Waals surface area contributed by atoms with Crippen LogP contribution < -0.4 is 0 Å². The van der Waals surface area contributed by atoms with Crippen LogP contribution in [0.3, 0.4) is 0 Å². The Bertz CT molecular complexity index is 78.2. The Labute approximate surface area is 44.2 Å². The van der Waals surface area contributed by atoms with Crippen molar-refractivity contribution in [3.05, 3.63) is 0 Å². The fourth-order valence-corrected chi connectivity index (χ4v) is 0.879. The van der Waals surface area contributed by atoms with Gasteiger partial charge in [0.25, 0.3) is 0 Å². The first kappa shape index (κ1) is 4.82. The molecule has 0 aromatic carbocycles. The molecule has 1 N–H and O–H groups in total. The molecule has 1 fully saturated rings. The van der Waals surface area contributed by atoms with Crippen LogP contribution in [-0.4, -0.2) is 6.21 Å². The monoisotopic (exact) mass is 97.1 g/mol. The van der Waals surface area contributed by atoms with E-state index >= 15 is 0 Å². The maximum Gasteiger partial charge on any atom is -0.00449 e. The summed E-state index contributed by atoms with van der Waals surface area (Å²) in [4.78, 5) is 0. The zero-order valence-electron chi connectivity index (χ0n) is 4.65. The zero-order valence-corrected chi connectivity index (χ0v) is 4.65. The second-order valence-electron chi connectivity index (χ2n) is 2.41. The van der Waals surface area contributed by atoms with Crippen molar-refractivity contribution < 1.29 is 0 Å². The highest BCUT2D eigenvalue weighted by Gasteiger charge is 2.30. The number of hydrogen-bond acceptors (Lipinski definition) is 1. The predicted molar refractivity (Wildman–Crippen MR) is 30.7 cm³/mol. The van der Waals surface area contributed by atoms with Gasteiger partial charge >= 0.3 is 0 Å². The molecule has 1 aliphatic rings. The van der Waals surface area contributed by atoms with Crippen LogP contribution in [0.15, 0.2) is 0 Å². The number of nitrogens with one attached hydrogen (secondary N) is 1. The van der Waals surface area contributed by atoms with Gasteiger partial charge in [0.2, 0.25) is 0 Å². The van der Waals surface area contributed by atoms with Gasteiger partial charge in [-0.25, -0.2) is 0 Å². The molecule has 1 rings (SSSR count). The standard InChI is InChI=1S/C6H11N/c1-5-4-6(5)2-3-7/h3,5-7H,2,4H2,1H3/t5-,6?/m0/s1. The van der Waals surface area contributed by atoms with Crippen LogP contribution in [0.4, 0.5) is 0 Å². The number of rotatable bonds is 2. The molecule has 1 heteroatoms. The maximum atomic E-state index is 6.74. The molecule has 1 aliphatic carbocycles.